The van der Waals surface area contributed by atoms with Gasteiger partial charge in [-0.2, -0.15) is 0 Å². The normalized spacial score (nSPS) is 10.9. The summed E-state index contributed by atoms with van der Waals surface area (Å²) in [7, 11) is 0. The summed E-state index contributed by atoms with van der Waals surface area (Å²) in [4.78, 5) is 26.2. The van der Waals surface area contributed by atoms with Gasteiger partial charge in [-0.05, 0) is 36.8 Å². The van der Waals surface area contributed by atoms with Crippen LogP contribution >= 0.6 is 15.9 Å². The first-order chi connectivity index (χ1) is 9.56. The van der Waals surface area contributed by atoms with E-state index in [0.29, 0.717) is 22.2 Å². The zero-order valence-electron chi connectivity index (χ0n) is 10.6. The summed E-state index contributed by atoms with van der Waals surface area (Å²) < 4.78 is 5.86. The van der Waals surface area contributed by atoms with E-state index < -0.39 is 5.76 Å². The van der Waals surface area contributed by atoms with Crippen molar-refractivity contribution in [1.29, 1.82) is 0 Å². The van der Waals surface area contributed by atoms with Gasteiger partial charge in [-0.1, -0.05) is 28.1 Å². The standard InChI is InChI=1S/C15H10BrNO3/c1-8-10(3-2-4-11(8)16)14(18)9-5-6-12-13(7-9)20-15(19)17-12/h2-7H,1H3,(H,17,19). The van der Waals surface area contributed by atoms with Crippen molar-refractivity contribution in [2.45, 2.75) is 6.92 Å². The van der Waals surface area contributed by atoms with Crippen molar-refractivity contribution in [3.8, 4) is 0 Å². The Morgan fingerprint density at radius 2 is 2.05 bits per heavy atom. The third-order valence-corrected chi connectivity index (χ3v) is 4.05. The van der Waals surface area contributed by atoms with Gasteiger partial charge in [0.05, 0.1) is 5.52 Å². The van der Waals surface area contributed by atoms with E-state index >= 15 is 0 Å². The molecule has 3 aromatic rings. The van der Waals surface area contributed by atoms with Crippen LogP contribution in [0.4, 0.5) is 0 Å². The predicted molar refractivity (Wildman–Crippen MR) is 79.1 cm³/mol. The molecule has 0 radical (unpaired) electrons. The molecule has 1 heterocycles. The summed E-state index contributed by atoms with van der Waals surface area (Å²) >= 11 is 3.41. The minimum atomic E-state index is -0.525. The number of benzene rings is 2. The Hall–Kier alpha value is -2.14. The number of ketones is 1. The van der Waals surface area contributed by atoms with Crippen molar-refractivity contribution in [2.24, 2.45) is 0 Å². The van der Waals surface area contributed by atoms with Crippen LogP contribution in [0.25, 0.3) is 11.1 Å². The molecule has 0 saturated carbocycles. The fraction of sp³-hybridized carbons (Fsp3) is 0.0667. The molecule has 0 unspecified atom stereocenters. The first kappa shape index (κ1) is 12.9. The van der Waals surface area contributed by atoms with Crippen molar-refractivity contribution in [1.82, 2.24) is 4.98 Å². The van der Waals surface area contributed by atoms with Gasteiger partial charge in [0, 0.05) is 15.6 Å². The molecule has 0 aliphatic heterocycles. The maximum atomic E-state index is 12.5. The molecule has 1 N–H and O–H groups in total. The Labute approximate surface area is 122 Å². The van der Waals surface area contributed by atoms with Gasteiger partial charge in [0.15, 0.2) is 11.4 Å². The zero-order chi connectivity index (χ0) is 14.3. The van der Waals surface area contributed by atoms with Crippen LogP contribution in [-0.2, 0) is 0 Å². The highest BCUT2D eigenvalue weighted by Crippen LogP contribution is 2.23. The molecule has 100 valence electrons. The fourth-order valence-corrected chi connectivity index (χ4v) is 2.46. The minimum Gasteiger partial charge on any atom is -0.408 e. The van der Waals surface area contributed by atoms with Gasteiger partial charge >= 0.3 is 5.76 Å². The summed E-state index contributed by atoms with van der Waals surface area (Å²) in [6, 6.07) is 10.4. The first-order valence-corrected chi connectivity index (χ1v) is 6.78. The number of rotatable bonds is 2. The van der Waals surface area contributed by atoms with Crippen LogP contribution in [0.1, 0.15) is 21.5 Å². The molecule has 1 aromatic heterocycles. The quantitative estimate of drug-likeness (QED) is 0.732. The van der Waals surface area contributed by atoms with Gasteiger partial charge in [-0.25, -0.2) is 4.79 Å². The first-order valence-electron chi connectivity index (χ1n) is 5.99. The Kier molecular flexibility index (Phi) is 3.06. The van der Waals surface area contributed by atoms with E-state index in [-0.39, 0.29) is 5.78 Å². The van der Waals surface area contributed by atoms with E-state index in [1.165, 1.54) is 0 Å². The number of oxazole rings is 1. The number of aromatic nitrogens is 1. The molecule has 3 rings (SSSR count). The SMILES string of the molecule is Cc1c(Br)cccc1C(=O)c1ccc2[nH]c(=O)oc2c1. The van der Waals surface area contributed by atoms with Gasteiger partial charge in [-0.15, -0.1) is 0 Å². The number of halogens is 1. The fourth-order valence-electron chi connectivity index (χ4n) is 2.10. The van der Waals surface area contributed by atoms with Crippen LogP contribution in [0.2, 0.25) is 0 Å². The number of hydrogen-bond acceptors (Lipinski definition) is 3. The average molecular weight is 332 g/mol. The predicted octanol–water partition coefficient (Wildman–Crippen LogP) is 3.42. The lowest BCUT2D eigenvalue weighted by Gasteiger charge is -2.06. The second kappa shape index (κ2) is 4.76. The van der Waals surface area contributed by atoms with E-state index in [0.717, 1.165) is 10.0 Å². The summed E-state index contributed by atoms with van der Waals surface area (Å²) in [5.41, 5.74) is 2.96. The highest BCUT2D eigenvalue weighted by Gasteiger charge is 2.14. The number of carbonyl (C=O) groups is 1. The van der Waals surface area contributed by atoms with Crippen LogP contribution in [0.5, 0.6) is 0 Å². The molecule has 0 fully saturated rings. The Morgan fingerprint density at radius 1 is 1.25 bits per heavy atom. The van der Waals surface area contributed by atoms with Gasteiger partial charge in [0.25, 0.3) is 0 Å². The Morgan fingerprint density at radius 3 is 2.85 bits per heavy atom. The molecular weight excluding hydrogens is 322 g/mol. The highest BCUT2D eigenvalue weighted by molar-refractivity contribution is 9.10. The molecule has 20 heavy (non-hydrogen) atoms. The lowest BCUT2D eigenvalue weighted by Crippen LogP contribution is -2.03. The van der Waals surface area contributed by atoms with E-state index in [2.05, 4.69) is 20.9 Å². The lowest BCUT2D eigenvalue weighted by molar-refractivity contribution is 0.103. The number of hydrogen-bond donors (Lipinski definition) is 1. The van der Waals surface area contributed by atoms with Crippen LogP contribution in [0.15, 0.2) is 50.1 Å². The summed E-state index contributed by atoms with van der Waals surface area (Å²) in [6.07, 6.45) is 0. The second-order valence-corrected chi connectivity index (χ2v) is 5.32. The average Bonchev–Trinajstić information content (AvgIpc) is 2.80. The molecule has 5 heteroatoms. The monoisotopic (exact) mass is 331 g/mol. The third kappa shape index (κ3) is 2.10. The van der Waals surface area contributed by atoms with Crippen LogP contribution in [0, 0.1) is 6.92 Å². The molecule has 4 nitrogen and oxygen atoms in total. The van der Waals surface area contributed by atoms with Crippen molar-refractivity contribution in [3.05, 3.63) is 68.1 Å². The number of aromatic amines is 1. The number of carbonyl (C=O) groups excluding carboxylic acids is 1. The molecule has 0 aliphatic carbocycles. The number of nitrogens with one attached hydrogen (secondary N) is 1. The van der Waals surface area contributed by atoms with E-state index in [1.54, 1.807) is 24.3 Å². The summed E-state index contributed by atoms with van der Waals surface area (Å²) in [6.45, 7) is 1.88. The number of H-pyrrole nitrogens is 1. The van der Waals surface area contributed by atoms with Crippen molar-refractivity contribution >= 4 is 32.8 Å². The van der Waals surface area contributed by atoms with E-state index in [4.69, 9.17) is 4.42 Å². The molecule has 0 saturated heterocycles. The van der Waals surface area contributed by atoms with Gasteiger partial charge in [0.2, 0.25) is 0 Å². The van der Waals surface area contributed by atoms with Crippen LogP contribution in [-0.4, -0.2) is 10.8 Å². The lowest BCUT2D eigenvalue weighted by atomic mass is 9.99. The van der Waals surface area contributed by atoms with Crippen LogP contribution < -0.4 is 5.76 Å². The van der Waals surface area contributed by atoms with E-state index in [9.17, 15) is 9.59 Å². The van der Waals surface area contributed by atoms with Crippen molar-refractivity contribution in [3.63, 3.8) is 0 Å². The molecule has 0 atom stereocenters. The summed E-state index contributed by atoms with van der Waals surface area (Å²) in [5.74, 6) is -0.627. The minimum absolute atomic E-state index is 0.102. The van der Waals surface area contributed by atoms with Crippen molar-refractivity contribution < 1.29 is 9.21 Å². The second-order valence-electron chi connectivity index (χ2n) is 4.47. The van der Waals surface area contributed by atoms with Gasteiger partial charge in [0.1, 0.15) is 0 Å². The topological polar surface area (TPSA) is 63.1 Å². The van der Waals surface area contributed by atoms with Crippen molar-refractivity contribution in [2.75, 3.05) is 0 Å². The maximum Gasteiger partial charge on any atom is 0.417 e. The zero-order valence-corrected chi connectivity index (χ0v) is 12.2. The third-order valence-electron chi connectivity index (χ3n) is 3.20. The Bertz CT molecular complexity index is 876. The molecular formula is C15H10BrNO3. The maximum absolute atomic E-state index is 12.5. The van der Waals surface area contributed by atoms with Gasteiger partial charge in [-0.3, -0.25) is 9.78 Å². The van der Waals surface area contributed by atoms with Crippen LogP contribution in [0.3, 0.4) is 0 Å². The molecule has 0 bridgehead atoms. The molecule has 0 amide bonds. The molecule has 2 aromatic carbocycles. The van der Waals surface area contributed by atoms with E-state index in [1.807, 2.05) is 19.1 Å². The van der Waals surface area contributed by atoms with Gasteiger partial charge < -0.3 is 4.42 Å². The molecule has 0 spiro atoms. The largest absolute Gasteiger partial charge is 0.417 e. The Balaban J connectivity index is 2.12. The highest BCUT2D eigenvalue weighted by atomic mass is 79.9. The summed E-state index contributed by atoms with van der Waals surface area (Å²) in [5, 5.41) is 0. The molecule has 0 aliphatic rings. The number of fused-ring (bicyclic) bond motifs is 1. The smallest absolute Gasteiger partial charge is 0.408 e.